The molecular weight excluding hydrogens is 340 g/mol. The predicted octanol–water partition coefficient (Wildman–Crippen LogP) is 1.14. The molecule has 3 saturated heterocycles. The number of hydrogen-bond acceptors (Lipinski definition) is 5. The summed E-state index contributed by atoms with van der Waals surface area (Å²) >= 11 is 0. The van der Waals surface area contributed by atoms with Crippen molar-refractivity contribution in [1.29, 1.82) is 0 Å². The Morgan fingerprint density at radius 3 is 2.67 bits per heavy atom. The number of benzene rings is 1. The molecule has 3 atom stereocenters. The summed E-state index contributed by atoms with van der Waals surface area (Å²) < 4.78 is 5.48. The van der Waals surface area contributed by atoms with E-state index in [4.69, 9.17) is 4.74 Å². The van der Waals surface area contributed by atoms with E-state index < -0.39 is 0 Å². The first-order valence-corrected chi connectivity index (χ1v) is 10.4. The van der Waals surface area contributed by atoms with Gasteiger partial charge in [0.05, 0.1) is 25.8 Å². The summed E-state index contributed by atoms with van der Waals surface area (Å²) in [5.41, 5.74) is 1.88. The molecule has 4 fully saturated rings. The van der Waals surface area contributed by atoms with E-state index in [1.165, 1.54) is 24.8 Å². The van der Waals surface area contributed by atoms with Crippen LogP contribution in [0.1, 0.15) is 31.2 Å². The first kappa shape index (κ1) is 17.6. The van der Waals surface area contributed by atoms with Gasteiger partial charge in [-0.25, -0.2) is 0 Å². The predicted molar refractivity (Wildman–Crippen MR) is 103 cm³/mol. The van der Waals surface area contributed by atoms with Gasteiger partial charge in [0.2, 0.25) is 5.91 Å². The zero-order valence-electron chi connectivity index (χ0n) is 15.9. The highest BCUT2D eigenvalue weighted by Gasteiger charge is 2.54. The summed E-state index contributed by atoms with van der Waals surface area (Å²) in [5.74, 6) is 0.158. The number of carbonyl (C=O) groups excluding carboxylic acids is 1. The Kier molecular flexibility index (Phi) is 4.68. The van der Waals surface area contributed by atoms with Gasteiger partial charge in [0.1, 0.15) is 6.29 Å². The molecule has 1 spiro atoms. The zero-order valence-corrected chi connectivity index (χ0v) is 15.9. The fourth-order valence-corrected chi connectivity index (χ4v) is 5.09. The van der Waals surface area contributed by atoms with Gasteiger partial charge in [0, 0.05) is 25.7 Å². The van der Waals surface area contributed by atoms with E-state index in [1.54, 1.807) is 0 Å². The van der Waals surface area contributed by atoms with Crippen molar-refractivity contribution in [2.24, 2.45) is 5.41 Å². The molecule has 4 aliphatic rings. The Balaban J connectivity index is 1.32. The Morgan fingerprint density at radius 2 is 1.93 bits per heavy atom. The molecule has 6 heteroatoms. The average molecular weight is 370 g/mol. The van der Waals surface area contributed by atoms with Crippen LogP contribution in [-0.2, 0) is 16.0 Å². The second-order valence-electron chi connectivity index (χ2n) is 8.72. The minimum absolute atomic E-state index is 0.0622. The quantitative estimate of drug-likeness (QED) is 0.832. The van der Waals surface area contributed by atoms with Crippen LogP contribution in [0.15, 0.2) is 30.3 Å². The number of hydrogen-bond donors (Lipinski definition) is 2. The third kappa shape index (κ3) is 3.76. The lowest BCUT2D eigenvalue weighted by Crippen LogP contribution is -2.68. The van der Waals surface area contributed by atoms with E-state index >= 15 is 0 Å². The van der Waals surface area contributed by atoms with Crippen LogP contribution in [0.2, 0.25) is 0 Å². The lowest BCUT2D eigenvalue weighted by molar-refractivity contribution is -0.131. The summed E-state index contributed by atoms with van der Waals surface area (Å²) in [7, 11) is 0. The summed E-state index contributed by atoms with van der Waals surface area (Å²) in [5, 5.41) is 6.97. The summed E-state index contributed by atoms with van der Waals surface area (Å²) in [6.07, 6.45) is 5.55. The molecule has 0 bridgehead atoms. The number of nitrogens with zero attached hydrogens (tertiary/aromatic N) is 2. The number of amides is 1. The Morgan fingerprint density at radius 1 is 1.15 bits per heavy atom. The lowest BCUT2D eigenvalue weighted by Gasteiger charge is -2.44. The van der Waals surface area contributed by atoms with Crippen molar-refractivity contribution >= 4 is 5.91 Å². The molecule has 3 aliphatic heterocycles. The Hall–Kier alpha value is -1.47. The molecule has 5 rings (SSSR count). The molecule has 2 N–H and O–H groups in total. The molecule has 0 radical (unpaired) electrons. The second-order valence-corrected chi connectivity index (χ2v) is 8.72. The van der Waals surface area contributed by atoms with Crippen LogP contribution in [0.25, 0.3) is 0 Å². The smallest absolute Gasteiger partial charge is 0.225 e. The highest BCUT2D eigenvalue weighted by molar-refractivity contribution is 5.77. The van der Waals surface area contributed by atoms with Gasteiger partial charge in [-0.15, -0.1) is 0 Å². The maximum atomic E-state index is 12.5. The van der Waals surface area contributed by atoms with Gasteiger partial charge in [0.25, 0.3) is 0 Å². The van der Waals surface area contributed by atoms with Gasteiger partial charge in [-0.3, -0.25) is 19.9 Å². The van der Waals surface area contributed by atoms with Crippen molar-refractivity contribution in [3.8, 4) is 0 Å². The standard InChI is InChI=1S/C21H30N4O2/c26-19-13-18(24-8-10-27-11-9-24)22-20(23-19)25-15-21(6-7-21)14-17(25)12-16-4-2-1-3-5-16/h1-5,17-18,20,22H,6-15H2,(H,23,26)/t17-,18?,20?/m0/s1. The molecule has 1 aromatic rings. The van der Waals surface area contributed by atoms with Crippen molar-refractivity contribution in [3.63, 3.8) is 0 Å². The molecular formula is C21H30N4O2. The number of ether oxygens (including phenoxy) is 1. The lowest BCUT2D eigenvalue weighted by atomic mass is 9.98. The van der Waals surface area contributed by atoms with Crippen molar-refractivity contribution in [3.05, 3.63) is 35.9 Å². The summed E-state index contributed by atoms with van der Waals surface area (Å²) in [6.45, 7) is 4.41. The minimum atomic E-state index is -0.0622. The van der Waals surface area contributed by atoms with Crippen LogP contribution in [0, 0.1) is 5.41 Å². The summed E-state index contributed by atoms with van der Waals surface area (Å²) in [6, 6.07) is 11.2. The number of rotatable bonds is 4. The van der Waals surface area contributed by atoms with Crippen molar-refractivity contribution in [2.45, 2.75) is 50.6 Å². The van der Waals surface area contributed by atoms with Crippen LogP contribution in [0.4, 0.5) is 0 Å². The SMILES string of the molecule is O=C1CC(N2CCOCC2)NC(N2CC3(CC3)C[C@@H]2Cc2ccccc2)N1. The molecule has 6 nitrogen and oxygen atoms in total. The second kappa shape index (κ2) is 7.17. The molecule has 1 aromatic carbocycles. The molecule has 0 aromatic heterocycles. The fraction of sp³-hybridized carbons (Fsp3) is 0.667. The third-order valence-electron chi connectivity index (χ3n) is 6.77. The minimum Gasteiger partial charge on any atom is -0.379 e. The molecule has 2 unspecified atom stereocenters. The third-order valence-corrected chi connectivity index (χ3v) is 6.77. The van der Waals surface area contributed by atoms with Crippen LogP contribution in [0.5, 0.6) is 0 Å². The van der Waals surface area contributed by atoms with E-state index in [2.05, 4.69) is 50.8 Å². The maximum Gasteiger partial charge on any atom is 0.225 e. The van der Waals surface area contributed by atoms with Gasteiger partial charge in [0.15, 0.2) is 0 Å². The first-order chi connectivity index (χ1) is 13.2. The molecule has 3 heterocycles. The Bertz CT molecular complexity index is 672. The topological polar surface area (TPSA) is 56.8 Å². The largest absolute Gasteiger partial charge is 0.379 e. The van der Waals surface area contributed by atoms with Gasteiger partial charge >= 0.3 is 0 Å². The number of nitrogens with one attached hydrogen (secondary N) is 2. The fourth-order valence-electron chi connectivity index (χ4n) is 5.09. The van der Waals surface area contributed by atoms with Gasteiger partial charge in [-0.1, -0.05) is 30.3 Å². The maximum absolute atomic E-state index is 12.5. The molecule has 146 valence electrons. The van der Waals surface area contributed by atoms with Crippen LogP contribution in [-0.4, -0.2) is 67.1 Å². The van der Waals surface area contributed by atoms with Crippen LogP contribution >= 0.6 is 0 Å². The van der Waals surface area contributed by atoms with Crippen LogP contribution in [0.3, 0.4) is 0 Å². The highest BCUT2D eigenvalue weighted by atomic mass is 16.5. The number of morpholine rings is 1. The van der Waals surface area contributed by atoms with Crippen molar-refractivity contribution < 1.29 is 9.53 Å². The summed E-state index contributed by atoms with van der Waals surface area (Å²) in [4.78, 5) is 17.4. The Labute approximate surface area is 161 Å². The van der Waals surface area contributed by atoms with Crippen LogP contribution < -0.4 is 10.6 Å². The van der Waals surface area contributed by atoms with Crippen molar-refractivity contribution in [2.75, 3.05) is 32.8 Å². The zero-order chi connectivity index (χ0) is 18.3. The molecule has 1 aliphatic carbocycles. The average Bonchev–Trinajstić information content (AvgIpc) is 3.36. The molecule has 27 heavy (non-hydrogen) atoms. The van der Waals surface area contributed by atoms with E-state index in [0.717, 1.165) is 39.3 Å². The number of likely N-dealkylation sites (tertiary alicyclic amines) is 1. The molecule has 1 amide bonds. The van der Waals surface area contributed by atoms with E-state index in [0.29, 0.717) is 17.9 Å². The van der Waals surface area contributed by atoms with E-state index in [9.17, 15) is 4.79 Å². The number of carbonyl (C=O) groups is 1. The highest BCUT2D eigenvalue weighted by Crippen LogP contribution is 2.55. The molecule has 1 saturated carbocycles. The van der Waals surface area contributed by atoms with Gasteiger partial charge < -0.3 is 10.1 Å². The van der Waals surface area contributed by atoms with E-state index in [-0.39, 0.29) is 18.4 Å². The van der Waals surface area contributed by atoms with Gasteiger partial charge in [-0.2, -0.15) is 0 Å². The monoisotopic (exact) mass is 370 g/mol. The van der Waals surface area contributed by atoms with Crippen molar-refractivity contribution in [1.82, 2.24) is 20.4 Å². The van der Waals surface area contributed by atoms with E-state index in [1.807, 2.05) is 0 Å². The van der Waals surface area contributed by atoms with Gasteiger partial charge in [-0.05, 0) is 36.7 Å². The first-order valence-electron chi connectivity index (χ1n) is 10.4. The normalized spacial score (nSPS) is 33.9.